The predicted molar refractivity (Wildman–Crippen MR) is 116 cm³/mol. The molecule has 2 heterocycles. The summed E-state index contributed by atoms with van der Waals surface area (Å²) >= 11 is 1.41. The van der Waals surface area contributed by atoms with Gasteiger partial charge in [0.2, 0.25) is 5.91 Å². The molecule has 1 N–H and O–H groups in total. The number of rotatable bonds is 5. The Hall–Kier alpha value is -3.46. The van der Waals surface area contributed by atoms with Gasteiger partial charge >= 0.3 is 0 Å². The number of amides is 2. The number of carbonyl (C=O) groups excluding carboxylic acids is 2. The zero-order valence-corrected chi connectivity index (χ0v) is 18.3. The molecular formula is C23H20F2N2O4S. The number of thiophene rings is 1. The number of ether oxygens (including phenoxy) is 2. The van der Waals surface area contributed by atoms with Crippen LogP contribution >= 0.6 is 11.3 Å². The van der Waals surface area contributed by atoms with Gasteiger partial charge in [-0.15, -0.1) is 11.3 Å². The van der Waals surface area contributed by atoms with E-state index in [9.17, 15) is 18.4 Å². The minimum absolute atomic E-state index is 0.150. The fourth-order valence-corrected chi connectivity index (χ4v) is 4.85. The third-order valence-corrected chi connectivity index (χ3v) is 6.42. The highest BCUT2D eigenvalue weighted by Gasteiger charge is 2.44. The van der Waals surface area contributed by atoms with Crippen molar-refractivity contribution in [3.8, 4) is 11.5 Å². The molecule has 0 saturated heterocycles. The Balaban J connectivity index is 1.86. The quantitative estimate of drug-likeness (QED) is 0.607. The second-order valence-electron chi connectivity index (χ2n) is 7.26. The van der Waals surface area contributed by atoms with Crippen molar-refractivity contribution in [2.75, 3.05) is 26.6 Å². The SMILES string of the molecule is COc1cc2c(cc1OC)C(C(=O)Nc1ccc(F)cc1F)C(c1cccs1)N(C)C2=O. The first-order valence-electron chi connectivity index (χ1n) is 9.68. The smallest absolute Gasteiger partial charge is 0.254 e. The van der Waals surface area contributed by atoms with Crippen molar-refractivity contribution in [2.24, 2.45) is 0 Å². The summed E-state index contributed by atoms with van der Waals surface area (Å²) in [5, 5.41) is 4.41. The maximum absolute atomic E-state index is 14.2. The number of nitrogens with one attached hydrogen (secondary N) is 1. The minimum Gasteiger partial charge on any atom is -0.493 e. The van der Waals surface area contributed by atoms with E-state index in [4.69, 9.17) is 9.47 Å². The molecule has 2 aromatic carbocycles. The number of halogens is 2. The molecule has 0 bridgehead atoms. The van der Waals surface area contributed by atoms with E-state index < -0.39 is 29.5 Å². The predicted octanol–water partition coefficient (Wildman–Crippen LogP) is 4.59. The van der Waals surface area contributed by atoms with Crippen LogP contribution in [0.3, 0.4) is 0 Å². The van der Waals surface area contributed by atoms with Gasteiger partial charge in [0.05, 0.1) is 31.9 Å². The van der Waals surface area contributed by atoms with Crippen LogP contribution < -0.4 is 14.8 Å². The van der Waals surface area contributed by atoms with Crippen molar-refractivity contribution in [2.45, 2.75) is 12.0 Å². The average Bonchev–Trinajstić information content (AvgIpc) is 3.31. The summed E-state index contributed by atoms with van der Waals surface area (Å²) in [5.41, 5.74) is 0.574. The molecule has 4 rings (SSSR count). The third-order valence-electron chi connectivity index (χ3n) is 5.48. The Morgan fingerprint density at radius 3 is 2.44 bits per heavy atom. The highest BCUT2D eigenvalue weighted by Crippen LogP contribution is 2.46. The van der Waals surface area contributed by atoms with Crippen LogP contribution in [0.5, 0.6) is 11.5 Å². The van der Waals surface area contributed by atoms with E-state index in [1.54, 1.807) is 13.1 Å². The summed E-state index contributed by atoms with van der Waals surface area (Å²) in [6.45, 7) is 0. The van der Waals surface area contributed by atoms with Gasteiger partial charge in [-0.05, 0) is 41.3 Å². The van der Waals surface area contributed by atoms with Crippen molar-refractivity contribution in [1.29, 1.82) is 0 Å². The van der Waals surface area contributed by atoms with Crippen LogP contribution in [0, 0.1) is 11.6 Å². The van der Waals surface area contributed by atoms with Crippen molar-refractivity contribution in [1.82, 2.24) is 4.90 Å². The first-order chi connectivity index (χ1) is 15.3. The minimum atomic E-state index is -0.890. The fraction of sp³-hybridized carbons (Fsp3) is 0.217. The van der Waals surface area contributed by atoms with Gasteiger partial charge in [0.25, 0.3) is 5.91 Å². The van der Waals surface area contributed by atoms with Crippen molar-refractivity contribution >= 4 is 28.8 Å². The van der Waals surface area contributed by atoms with Gasteiger partial charge in [0.1, 0.15) is 11.6 Å². The molecule has 166 valence electrons. The van der Waals surface area contributed by atoms with Gasteiger partial charge in [-0.3, -0.25) is 9.59 Å². The number of nitrogens with zero attached hydrogens (tertiary/aromatic N) is 1. The van der Waals surface area contributed by atoms with E-state index in [0.717, 1.165) is 17.0 Å². The largest absolute Gasteiger partial charge is 0.493 e. The number of likely N-dealkylation sites (N-methyl/N-ethyl adjacent to an activating group) is 1. The van der Waals surface area contributed by atoms with E-state index >= 15 is 0 Å². The van der Waals surface area contributed by atoms with E-state index in [-0.39, 0.29) is 17.2 Å². The highest BCUT2D eigenvalue weighted by atomic mass is 32.1. The molecule has 0 fully saturated rings. The molecule has 2 unspecified atom stereocenters. The summed E-state index contributed by atoms with van der Waals surface area (Å²) in [6, 6.07) is 9.10. The molecule has 6 nitrogen and oxygen atoms in total. The van der Waals surface area contributed by atoms with Gasteiger partial charge in [0, 0.05) is 23.6 Å². The van der Waals surface area contributed by atoms with Crippen LogP contribution in [0.4, 0.5) is 14.5 Å². The maximum atomic E-state index is 14.2. The van der Waals surface area contributed by atoms with Crippen LogP contribution in [0.1, 0.15) is 32.8 Å². The summed E-state index contributed by atoms with van der Waals surface area (Å²) in [4.78, 5) is 29.0. The average molecular weight is 458 g/mol. The number of hydrogen-bond donors (Lipinski definition) is 1. The van der Waals surface area contributed by atoms with E-state index in [1.807, 2.05) is 17.5 Å². The van der Waals surface area contributed by atoms with Crippen molar-refractivity contribution < 1.29 is 27.8 Å². The Bertz CT molecular complexity index is 1180. The molecule has 1 aliphatic heterocycles. The molecule has 9 heteroatoms. The topological polar surface area (TPSA) is 67.9 Å². The number of benzene rings is 2. The molecule has 32 heavy (non-hydrogen) atoms. The first kappa shape index (κ1) is 21.8. The molecule has 0 spiro atoms. The zero-order valence-electron chi connectivity index (χ0n) is 17.5. The molecular weight excluding hydrogens is 438 g/mol. The molecule has 2 atom stereocenters. The summed E-state index contributed by atoms with van der Waals surface area (Å²) in [5.74, 6) is -2.62. The number of anilines is 1. The van der Waals surface area contributed by atoms with Crippen LogP contribution in [0.15, 0.2) is 47.8 Å². The summed E-state index contributed by atoms with van der Waals surface area (Å²) in [7, 11) is 4.53. The molecule has 3 aromatic rings. The van der Waals surface area contributed by atoms with Crippen LogP contribution in [-0.2, 0) is 4.79 Å². The lowest BCUT2D eigenvalue weighted by molar-refractivity contribution is -0.119. The maximum Gasteiger partial charge on any atom is 0.254 e. The third kappa shape index (κ3) is 3.69. The van der Waals surface area contributed by atoms with E-state index in [1.165, 1.54) is 36.5 Å². The van der Waals surface area contributed by atoms with Gasteiger partial charge in [-0.2, -0.15) is 0 Å². The lowest BCUT2D eigenvalue weighted by Gasteiger charge is -2.39. The molecule has 0 radical (unpaired) electrons. The number of fused-ring (bicyclic) bond motifs is 1. The second kappa shape index (κ2) is 8.58. The van der Waals surface area contributed by atoms with Crippen LogP contribution in [0.25, 0.3) is 0 Å². The van der Waals surface area contributed by atoms with Crippen molar-refractivity contribution in [3.63, 3.8) is 0 Å². The van der Waals surface area contributed by atoms with E-state index in [2.05, 4.69) is 5.32 Å². The molecule has 0 aliphatic carbocycles. The fourth-order valence-electron chi connectivity index (χ4n) is 3.95. The zero-order chi connectivity index (χ0) is 23.0. The number of hydrogen-bond acceptors (Lipinski definition) is 5. The van der Waals surface area contributed by atoms with Crippen LogP contribution in [-0.4, -0.2) is 38.0 Å². The number of methoxy groups -OCH3 is 2. The van der Waals surface area contributed by atoms with Gasteiger partial charge in [-0.25, -0.2) is 8.78 Å². The Morgan fingerprint density at radius 1 is 1.09 bits per heavy atom. The molecule has 1 aromatic heterocycles. The van der Waals surface area contributed by atoms with Crippen molar-refractivity contribution in [3.05, 3.63) is 75.5 Å². The summed E-state index contributed by atoms with van der Waals surface area (Å²) in [6.07, 6.45) is 0. The monoisotopic (exact) mass is 458 g/mol. The normalized spacial score (nSPS) is 17.7. The van der Waals surface area contributed by atoms with Gasteiger partial charge in [-0.1, -0.05) is 6.07 Å². The Labute approximate surface area is 187 Å². The summed E-state index contributed by atoms with van der Waals surface area (Å²) < 4.78 is 38.3. The highest BCUT2D eigenvalue weighted by molar-refractivity contribution is 7.10. The van der Waals surface area contributed by atoms with Crippen LogP contribution in [0.2, 0.25) is 0 Å². The lowest BCUT2D eigenvalue weighted by atomic mass is 9.81. The Morgan fingerprint density at radius 2 is 1.81 bits per heavy atom. The Kier molecular flexibility index (Phi) is 5.84. The molecule has 0 saturated carbocycles. The van der Waals surface area contributed by atoms with E-state index in [0.29, 0.717) is 23.1 Å². The molecule has 1 aliphatic rings. The lowest BCUT2D eigenvalue weighted by Crippen LogP contribution is -2.43. The standard InChI is InChI=1S/C23H20F2N2O4S/c1-27-21(19-5-4-8-32-19)20(22(28)26-16-7-6-12(24)9-15(16)25)13-10-17(30-2)18(31-3)11-14(13)23(27)29/h4-11,20-21H,1-3H3,(H,26,28). The van der Waals surface area contributed by atoms with Gasteiger partial charge in [0.15, 0.2) is 11.5 Å². The second-order valence-corrected chi connectivity index (χ2v) is 8.24. The first-order valence-corrected chi connectivity index (χ1v) is 10.6. The molecule has 2 amide bonds. The number of carbonyl (C=O) groups is 2. The van der Waals surface area contributed by atoms with Gasteiger partial charge < -0.3 is 19.7 Å².